The van der Waals surface area contributed by atoms with Crippen molar-refractivity contribution < 1.29 is 13.9 Å². The summed E-state index contributed by atoms with van der Waals surface area (Å²) < 4.78 is 18.9. The lowest BCUT2D eigenvalue weighted by Crippen LogP contribution is -2.33. The maximum atomic E-state index is 13.4. The van der Waals surface area contributed by atoms with E-state index >= 15 is 0 Å². The Morgan fingerprint density at radius 2 is 2.32 bits per heavy atom. The molecule has 2 heterocycles. The van der Waals surface area contributed by atoms with Crippen molar-refractivity contribution in [1.82, 2.24) is 10.3 Å². The highest BCUT2D eigenvalue weighted by atomic mass is 19.1. The van der Waals surface area contributed by atoms with E-state index in [1.165, 1.54) is 12.1 Å². The molecule has 114 valence electrons. The number of rotatable bonds is 3. The van der Waals surface area contributed by atoms with Crippen LogP contribution >= 0.6 is 0 Å². The number of nitrogens with zero attached hydrogens (tertiary/aromatic N) is 1. The molecule has 1 atom stereocenters. The molecule has 2 aromatic rings. The zero-order valence-corrected chi connectivity index (χ0v) is 12.3. The van der Waals surface area contributed by atoms with Gasteiger partial charge in [-0.05, 0) is 42.3 Å². The van der Waals surface area contributed by atoms with Crippen molar-refractivity contribution in [2.75, 3.05) is 6.61 Å². The van der Waals surface area contributed by atoms with E-state index in [0.717, 1.165) is 11.1 Å². The molecular weight excluding hydrogens is 283 g/mol. The van der Waals surface area contributed by atoms with Crippen LogP contribution in [0.5, 0.6) is 5.75 Å². The Bertz CT molecular complexity index is 703. The topological polar surface area (TPSA) is 51.2 Å². The first-order valence-electron chi connectivity index (χ1n) is 7.24. The van der Waals surface area contributed by atoms with Crippen LogP contribution in [0.2, 0.25) is 0 Å². The number of carbonyl (C=O) groups is 1. The highest BCUT2D eigenvalue weighted by Gasteiger charge is 2.23. The van der Waals surface area contributed by atoms with Crippen molar-refractivity contribution >= 4 is 5.91 Å². The number of hydrogen-bond donors (Lipinski definition) is 1. The number of ether oxygens (including phenoxy) is 1. The zero-order chi connectivity index (χ0) is 15.5. The molecule has 1 aliphatic rings. The molecule has 3 rings (SSSR count). The van der Waals surface area contributed by atoms with Crippen LogP contribution in [0.4, 0.5) is 4.39 Å². The van der Waals surface area contributed by atoms with Crippen molar-refractivity contribution in [3.8, 4) is 5.75 Å². The van der Waals surface area contributed by atoms with E-state index in [4.69, 9.17) is 4.74 Å². The molecule has 0 saturated heterocycles. The summed E-state index contributed by atoms with van der Waals surface area (Å²) >= 11 is 0. The van der Waals surface area contributed by atoms with E-state index in [2.05, 4.69) is 10.3 Å². The Morgan fingerprint density at radius 1 is 1.45 bits per heavy atom. The number of fused-ring (bicyclic) bond motifs is 1. The molecule has 0 bridgehead atoms. The SMILES string of the molecule is Cc1cnccc1CC(=O)N[C@H]1CCOc2ccc(F)cc21. The van der Waals surface area contributed by atoms with Gasteiger partial charge in [-0.15, -0.1) is 0 Å². The van der Waals surface area contributed by atoms with Gasteiger partial charge in [-0.25, -0.2) is 4.39 Å². The normalized spacial score (nSPS) is 16.5. The minimum atomic E-state index is -0.325. The monoisotopic (exact) mass is 300 g/mol. The lowest BCUT2D eigenvalue weighted by Gasteiger charge is -2.26. The second-order valence-corrected chi connectivity index (χ2v) is 5.42. The standard InChI is InChI=1S/C17H17FN2O2/c1-11-10-19-6-4-12(11)8-17(21)20-15-5-7-22-16-3-2-13(18)9-14(15)16/h2-4,6,9-10,15H,5,7-8H2,1H3,(H,20,21)/t15-/m0/s1. The summed E-state index contributed by atoms with van der Waals surface area (Å²) in [5.74, 6) is 0.225. The summed E-state index contributed by atoms with van der Waals surface area (Å²) in [5, 5.41) is 2.97. The smallest absolute Gasteiger partial charge is 0.224 e. The predicted molar refractivity (Wildman–Crippen MR) is 80.1 cm³/mol. The van der Waals surface area contributed by atoms with E-state index in [1.54, 1.807) is 18.5 Å². The Labute approximate surface area is 128 Å². The molecular formula is C17H17FN2O2. The van der Waals surface area contributed by atoms with Gasteiger partial charge in [-0.2, -0.15) is 0 Å². The summed E-state index contributed by atoms with van der Waals surface area (Å²) in [4.78, 5) is 16.3. The van der Waals surface area contributed by atoms with Crippen molar-refractivity contribution in [1.29, 1.82) is 0 Å². The third-order valence-corrected chi connectivity index (χ3v) is 3.83. The molecule has 0 aliphatic carbocycles. The van der Waals surface area contributed by atoms with Crippen LogP contribution < -0.4 is 10.1 Å². The van der Waals surface area contributed by atoms with Gasteiger partial charge >= 0.3 is 0 Å². The lowest BCUT2D eigenvalue weighted by atomic mass is 9.99. The average Bonchev–Trinajstić information content (AvgIpc) is 2.50. The van der Waals surface area contributed by atoms with Crippen LogP contribution in [0.15, 0.2) is 36.7 Å². The summed E-state index contributed by atoms with van der Waals surface area (Å²) in [6.07, 6.45) is 4.34. The average molecular weight is 300 g/mol. The summed E-state index contributed by atoms with van der Waals surface area (Å²) in [6.45, 7) is 2.44. The number of hydrogen-bond acceptors (Lipinski definition) is 3. The number of carbonyl (C=O) groups excluding carboxylic acids is 1. The quantitative estimate of drug-likeness (QED) is 0.948. The maximum Gasteiger partial charge on any atom is 0.224 e. The Balaban J connectivity index is 1.73. The second-order valence-electron chi connectivity index (χ2n) is 5.42. The molecule has 1 N–H and O–H groups in total. The number of pyridine rings is 1. The first kappa shape index (κ1) is 14.5. The van der Waals surface area contributed by atoms with Crippen LogP contribution in [0, 0.1) is 12.7 Å². The van der Waals surface area contributed by atoms with Crippen LogP contribution in [-0.4, -0.2) is 17.5 Å². The molecule has 1 aliphatic heterocycles. The number of aryl methyl sites for hydroxylation is 1. The van der Waals surface area contributed by atoms with Crippen molar-refractivity contribution in [2.45, 2.75) is 25.8 Å². The summed E-state index contributed by atoms with van der Waals surface area (Å²) in [5.41, 5.74) is 2.63. The van der Waals surface area contributed by atoms with Gasteiger partial charge in [-0.1, -0.05) is 0 Å². The van der Waals surface area contributed by atoms with E-state index in [-0.39, 0.29) is 24.2 Å². The van der Waals surface area contributed by atoms with Crippen LogP contribution in [0.3, 0.4) is 0 Å². The number of aromatic nitrogens is 1. The van der Waals surface area contributed by atoms with Crippen molar-refractivity contribution in [2.24, 2.45) is 0 Å². The van der Waals surface area contributed by atoms with Gasteiger partial charge in [0.1, 0.15) is 11.6 Å². The molecule has 0 spiro atoms. The second kappa shape index (κ2) is 6.13. The molecule has 5 heteroatoms. The summed E-state index contributed by atoms with van der Waals surface area (Å²) in [7, 11) is 0. The van der Waals surface area contributed by atoms with Crippen molar-refractivity contribution in [3.05, 3.63) is 59.2 Å². The van der Waals surface area contributed by atoms with Gasteiger partial charge in [-0.3, -0.25) is 9.78 Å². The van der Waals surface area contributed by atoms with Gasteiger partial charge in [0.2, 0.25) is 5.91 Å². The fourth-order valence-electron chi connectivity index (χ4n) is 2.63. The van der Waals surface area contributed by atoms with Crippen LogP contribution in [0.25, 0.3) is 0 Å². The highest BCUT2D eigenvalue weighted by molar-refractivity contribution is 5.79. The third kappa shape index (κ3) is 3.08. The first-order valence-corrected chi connectivity index (χ1v) is 7.24. The Kier molecular flexibility index (Phi) is 4.04. The molecule has 0 fully saturated rings. The fraction of sp³-hybridized carbons (Fsp3) is 0.294. The molecule has 22 heavy (non-hydrogen) atoms. The number of benzene rings is 1. The number of halogens is 1. The van der Waals surface area contributed by atoms with E-state index in [1.807, 2.05) is 13.0 Å². The van der Waals surface area contributed by atoms with Crippen LogP contribution in [-0.2, 0) is 11.2 Å². The maximum absolute atomic E-state index is 13.4. The van der Waals surface area contributed by atoms with Gasteiger partial charge in [0.25, 0.3) is 0 Å². The predicted octanol–water partition coefficient (Wildman–Crippen LogP) is 2.71. The van der Waals surface area contributed by atoms with Gasteiger partial charge in [0.15, 0.2) is 0 Å². The highest BCUT2D eigenvalue weighted by Crippen LogP contribution is 2.32. The van der Waals surface area contributed by atoms with E-state index in [0.29, 0.717) is 24.3 Å². The molecule has 0 radical (unpaired) electrons. The molecule has 4 nitrogen and oxygen atoms in total. The minimum Gasteiger partial charge on any atom is -0.493 e. The van der Waals surface area contributed by atoms with E-state index in [9.17, 15) is 9.18 Å². The lowest BCUT2D eigenvalue weighted by molar-refractivity contribution is -0.121. The van der Waals surface area contributed by atoms with E-state index < -0.39 is 0 Å². The molecule has 1 aromatic carbocycles. The summed E-state index contributed by atoms with van der Waals surface area (Å²) in [6, 6.07) is 6.03. The number of amides is 1. The minimum absolute atomic E-state index is 0.0867. The van der Waals surface area contributed by atoms with Gasteiger partial charge < -0.3 is 10.1 Å². The first-order chi connectivity index (χ1) is 10.6. The van der Waals surface area contributed by atoms with Gasteiger partial charge in [0.05, 0.1) is 19.1 Å². The Hall–Kier alpha value is -2.43. The fourth-order valence-corrected chi connectivity index (χ4v) is 2.63. The van der Waals surface area contributed by atoms with Gasteiger partial charge in [0, 0.05) is 24.4 Å². The van der Waals surface area contributed by atoms with Crippen molar-refractivity contribution in [3.63, 3.8) is 0 Å². The molecule has 1 aromatic heterocycles. The molecule has 0 unspecified atom stereocenters. The van der Waals surface area contributed by atoms with Crippen LogP contribution in [0.1, 0.15) is 29.2 Å². The molecule has 0 saturated carbocycles. The number of nitrogens with one attached hydrogen (secondary N) is 1. The molecule has 1 amide bonds. The zero-order valence-electron chi connectivity index (χ0n) is 12.3. The third-order valence-electron chi connectivity index (χ3n) is 3.83. The Morgan fingerprint density at radius 3 is 3.14 bits per heavy atom. The largest absolute Gasteiger partial charge is 0.493 e.